The summed E-state index contributed by atoms with van der Waals surface area (Å²) in [6, 6.07) is 13.1. The number of hydrogen-bond acceptors (Lipinski definition) is 2. The van der Waals surface area contributed by atoms with Gasteiger partial charge >= 0.3 is 0 Å². The van der Waals surface area contributed by atoms with Gasteiger partial charge in [-0.2, -0.15) is 5.10 Å². The Labute approximate surface area is 122 Å². The first-order chi connectivity index (χ1) is 10.1. The normalized spacial score (nSPS) is 10.8. The summed E-state index contributed by atoms with van der Waals surface area (Å²) in [5, 5.41) is 7.06. The number of nitrogens with one attached hydrogen (secondary N) is 1. The van der Waals surface area contributed by atoms with Crippen molar-refractivity contribution in [1.29, 1.82) is 0 Å². The zero-order valence-corrected chi connectivity index (χ0v) is 11.9. The van der Waals surface area contributed by atoms with Gasteiger partial charge < -0.3 is 5.73 Å². The Kier molecular flexibility index (Phi) is 3.22. The number of H-pyrrole nitrogens is 1. The lowest BCUT2D eigenvalue weighted by Crippen LogP contribution is -1.90. The van der Waals surface area contributed by atoms with Crippen molar-refractivity contribution in [3.8, 4) is 22.4 Å². The molecule has 21 heavy (non-hydrogen) atoms. The highest BCUT2D eigenvalue weighted by Crippen LogP contribution is 2.35. The second kappa shape index (κ2) is 5.05. The van der Waals surface area contributed by atoms with Gasteiger partial charge in [0.05, 0.1) is 11.3 Å². The van der Waals surface area contributed by atoms with E-state index in [1.165, 1.54) is 11.6 Å². The van der Waals surface area contributed by atoms with Crippen LogP contribution in [-0.4, -0.2) is 10.2 Å². The Morgan fingerprint density at radius 1 is 1.00 bits per heavy atom. The summed E-state index contributed by atoms with van der Waals surface area (Å²) in [5.74, 6) is 0.221. The van der Waals surface area contributed by atoms with Crippen LogP contribution in [0.15, 0.2) is 42.5 Å². The van der Waals surface area contributed by atoms with Crippen molar-refractivity contribution in [2.24, 2.45) is 0 Å². The molecule has 2 aromatic carbocycles. The monoisotopic (exact) mass is 281 g/mol. The molecule has 3 N–H and O–H groups in total. The highest BCUT2D eigenvalue weighted by molar-refractivity contribution is 5.87. The van der Waals surface area contributed by atoms with E-state index < -0.39 is 0 Å². The lowest BCUT2D eigenvalue weighted by molar-refractivity contribution is 0.619. The van der Waals surface area contributed by atoms with E-state index in [0.717, 1.165) is 22.4 Å². The predicted octanol–water partition coefficient (Wildman–Crippen LogP) is 4.08. The molecule has 106 valence electrons. The average Bonchev–Trinajstić information content (AvgIpc) is 2.85. The summed E-state index contributed by atoms with van der Waals surface area (Å²) in [7, 11) is 0. The molecule has 0 saturated heterocycles. The molecule has 3 nitrogen and oxygen atoms in total. The van der Waals surface area contributed by atoms with Crippen molar-refractivity contribution in [2.45, 2.75) is 13.8 Å². The van der Waals surface area contributed by atoms with E-state index in [4.69, 9.17) is 5.73 Å². The smallest absolute Gasteiger partial charge is 0.153 e. The molecule has 0 saturated carbocycles. The van der Waals surface area contributed by atoms with Crippen LogP contribution in [0.5, 0.6) is 0 Å². The van der Waals surface area contributed by atoms with Gasteiger partial charge in [-0.25, -0.2) is 4.39 Å². The van der Waals surface area contributed by atoms with Gasteiger partial charge in [-0.3, -0.25) is 5.10 Å². The van der Waals surface area contributed by atoms with E-state index in [1.807, 2.05) is 31.2 Å². The van der Waals surface area contributed by atoms with Gasteiger partial charge in [0.1, 0.15) is 5.82 Å². The van der Waals surface area contributed by atoms with Gasteiger partial charge in [0.25, 0.3) is 0 Å². The number of nitrogens with two attached hydrogens (primary N) is 1. The fourth-order valence-corrected chi connectivity index (χ4v) is 2.38. The third-order valence-corrected chi connectivity index (χ3v) is 3.58. The van der Waals surface area contributed by atoms with Crippen LogP contribution in [0, 0.1) is 19.7 Å². The Bertz CT molecular complexity index is 788. The molecular formula is C17H16FN3. The van der Waals surface area contributed by atoms with Crippen molar-refractivity contribution in [3.63, 3.8) is 0 Å². The molecule has 0 radical (unpaired) electrons. The van der Waals surface area contributed by atoms with Crippen LogP contribution in [0.25, 0.3) is 22.4 Å². The van der Waals surface area contributed by atoms with Crippen molar-refractivity contribution in [3.05, 3.63) is 59.4 Å². The third kappa shape index (κ3) is 2.40. The number of rotatable bonds is 2. The van der Waals surface area contributed by atoms with Crippen molar-refractivity contribution in [2.75, 3.05) is 5.73 Å². The molecule has 0 amide bonds. The van der Waals surface area contributed by atoms with E-state index >= 15 is 0 Å². The molecule has 0 atom stereocenters. The summed E-state index contributed by atoms with van der Waals surface area (Å²) in [6.07, 6.45) is 0. The summed E-state index contributed by atoms with van der Waals surface area (Å²) in [4.78, 5) is 0. The highest BCUT2D eigenvalue weighted by Gasteiger charge is 2.15. The number of nitrogens with zero attached hydrogens (tertiary/aromatic N) is 1. The first-order valence-electron chi connectivity index (χ1n) is 6.73. The molecule has 3 rings (SSSR count). The summed E-state index contributed by atoms with van der Waals surface area (Å²) >= 11 is 0. The summed E-state index contributed by atoms with van der Waals surface area (Å²) in [5.41, 5.74) is 11.3. The predicted molar refractivity (Wildman–Crippen MR) is 83.3 cm³/mol. The number of halogens is 1. The molecule has 0 spiro atoms. The lowest BCUT2D eigenvalue weighted by Gasteiger charge is -2.06. The Morgan fingerprint density at radius 3 is 2.33 bits per heavy atom. The van der Waals surface area contributed by atoms with Crippen molar-refractivity contribution in [1.82, 2.24) is 10.2 Å². The standard InChI is InChI=1S/C17H16FN3/c1-10-3-5-12(6-4-10)15-16(20-21-17(15)19)13-7-8-14(18)11(2)9-13/h3-9H,1-2H3,(H3,19,20,21). The number of benzene rings is 2. The number of anilines is 1. The van der Waals surface area contributed by atoms with Gasteiger partial charge in [-0.05, 0) is 43.2 Å². The lowest BCUT2D eigenvalue weighted by atomic mass is 9.99. The topological polar surface area (TPSA) is 54.7 Å². The minimum absolute atomic E-state index is 0.219. The molecule has 0 bridgehead atoms. The third-order valence-electron chi connectivity index (χ3n) is 3.58. The quantitative estimate of drug-likeness (QED) is 0.743. The second-order valence-corrected chi connectivity index (χ2v) is 5.19. The second-order valence-electron chi connectivity index (χ2n) is 5.19. The largest absolute Gasteiger partial charge is 0.382 e. The van der Waals surface area contributed by atoms with Crippen molar-refractivity contribution >= 4 is 5.82 Å². The number of hydrogen-bond donors (Lipinski definition) is 2. The molecule has 4 heteroatoms. The highest BCUT2D eigenvalue weighted by atomic mass is 19.1. The number of aromatic nitrogens is 2. The maximum absolute atomic E-state index is 13.4. The fourth-order valence-electron chi connectivity index (χ4n) is 2.38. The Balaban J connectivity index is 2.16. The summed E-state index contributed by atoms with van der Waals surface area (Å²) < 4.78 is 13.4. The van der Waals surface area contributed by atoms with E-state index in [9.17, 15) is 4.39 Å². The van der Waals surface area contributed by atoms with Crippen LogP contribution in [0.2, 0.25) is 0 Å². The minimum atomic E-state index is -0.219. The van der Waals surface area contributed by atoms with Crippen molar-refractivity contribution < 1.29 is 4.39 Å². The van der Waals surface area contributed by atoms with Gasteiger partial charge in [0.2, 0.25) is 0 Å². The van der Waals surface area contributed by atoms with Crippen LogP contribution in [0.3, 0.4) is 0 Å². The van der Waals surface area contributed by atoms with E-state index in [1.54, 1.807) is 19.1 Å². The molecule has 0 unspecified atom stereocenters. The molecule has 0 aliphatic heterocycles. The maximum atomic E-state index is 13.4. The van der Waals surface area contributed by atoms with Gasteiger partial charge in [-0.1, -0.05) is 29.8 Å². The van der Waals surface area contributed by atoms with E-state index in [-0.39, 0.29) is 5.82 Å². The van der Waals surface area contributed by atoms with Crippen LogP contribution >= 0.6 is 0 Å². The van der Waals surface area contributed by atoms with Crippen LogP contribution in [-0.2, 0) is 0 Å². The molecule has 0 aliphatic carbocycles. The molecular weight excluding hydrogens is 265 g/mol. The zero-order chi connectivity index (χ0) is 15.0. The van der Waals surface area contributed by atoms with E-state index in [2.05, 4.69) is 10.2 Å². The summed E-state index contributed by atoms with van der Waals surface area (Å²) in [6.45, 7) is 3.77. The van der Waals surface area contributed by atoms with Crippen LogP contribution in [0.4, 0.5) is 10.2 Å². The average molecular weight is 281 g/mol. The number of aryl methyl sites for hydroxylation is 2. The first kappa shape index (κ1) is 13.4. The van der Waals surface area contributed by atoms with Gasteiger partial charge in [-0.15, -0.1) is 0 Å². The van der Waals surface area contributed by atoms with Crippen LogP contribution < -0.4 is 5.73 Å². The Hall–Kier alpha value is -2.62. The molecule has 1 heterocycles. The first-order valence-corrected chi connectivity index (χ1v) is 6.73. The maximum Gasteiger partial charge on any atom is 0.153 e. The zero-order valence-electron chi connectivity index (χ0n) is 11.9. The van der Waals surface area contributed by atoms with Crippen LogP contribution in [0.1, 0.15) is 11.1 Å². The fraction of sp³-hybridized carbons (Fsp3) is 0.118. The molecule has 0 fully saturated rings. The minimum Gasteiger partial charge on any atom is -0.382 e. The number of aromatic amines is 1. The number of nitrogen functional groups attached to an aromatic ring is 1. The SMILES string of the molecule is Cc1ccc(-c2c(N)n[nH]c2-c2ccc(F)c(C)c2)cc1. The van der Waals surface area contributed by atoms with Gasteiger partial charge in [0.15, 0.2) is 5.82 Å². The van der Waals surface area contributed by atoms with E-state index in [0.29, 0.717) is 11.4 Å². The molecule has 3 aromatic rings. The van der Waals surface area contributed by atoms with Gasteiger partial charge in [0, 0.05) is 5.56 Å². The molecule has 1 aromatic heterocycles. The molecule has 0 aliphatic rings. The Morgan fingerprint density at radius 2 is 1.67 bits per heavy atom.